The Bertz CT molecular complexity index is 672. The molecule has 4 N–H and O–H groups in total. The van der Waals surface area contributed by atoms with Gasteiger partial charge in [0.25, 0.3) is 0 Å². The molecule has 1 atom stereocenters. The number of carbonyl (C=O) groups is 2. The Kier molecular flexibility index (Phi) is 14.9. The maximum Gasteiger partial charge on any atom is 0.247 e. The summed E-state index contributed by atoms with van der Waals surface area (Å²) in [5.74, 6) is -0.795. The Morgan fingerprint density at radius 3 is 2.10 bits per heavy atom. The van der Waals surface area contributed by atoms with Crippen molar-refractivity contribution in [3.05, 3.63) is 35.8 Å². The second-order valence-corrected chi connectivity index (χ2v) is 8.01. The van der Waals surface area contributed by atoms with E-state index >= 15 is 0 Å². The summed E-state index contributed by atoms with van der Waals surface area (Å²) in [5, 5.41) is 17.7. The second-order valence-electron chi connectivity index (χ2n) is 8.01. The number of allylic oxidation sites excluding steroid dienone is 3. The van der Waals surface area contributed by atoms with Crippen LogP contribution >= 0.6 is 0 Å². The minimum atomic E-state index is -1.12. The van der Waals surface area contributed by atoms with Crippen molar-refractivity contribution in [3.63, 3.8) is 0 Å². The molecule has 1 aliphatic carbocycles. The zero-order chi connectivity index (χ0) is 23.8. The van der Waals surface area contributed by atoms with Crippen molar-refractivity contribution in [2.75, 3.05) is 19.7 Å². The largest absolute Gasteiger partial charge is 0.394 e. The molecule has 176 valence electrons. The van der Waals surface area contributed by atoms with Crippen LogP contribution < -0.4 is 16.0 Å². The summed E-state index contributed by atoms with van der Waals surface area (Å²) in [4.78, 5) is 27.8. The number of halogens is 1. The number of aliphatic imine (C=N–C) groups is 1. The van der Waals surface area contributed by atoms with Crippen molar-refractivity contribution in [1.82, 2.24) is 16.0 Å². The number of amidine groups is 1. The van der Waals surface area contributed by atoms with Gasteiger partial charge in [0.1, 0.15) is 0 Å². The molecule has 0 bridgehead atoms. The molecule has 7 nitrogen and oxygen atoms in total. The number of rotatable bonds is 10. The molecule has 31 heavy (non-hydrogen) atoms. The van der Waals surface area contributed by atoms with Gasteiger partial charge in [0.15, 0.2) is 11.9 Å². The molecule has 8 heteroatoms. The van der Waals surface area contributed by atoms with Crippen LogP contribution in [0.2, 0.25) is 0 Å². The van der Waals surface area contributed by atoms with E-state index in [2.05, 4.69) is 27.5 Å². The first-order valence-corrected chi connectivity index (χ1v) is 10.7. The van der Waals surface area contributed by atoms with Crippen LogP contribution in [0.25, 0.3) is 0 Å². The monoisotopic (exact) mass is 438 g/mol. The molecule has 0 aromatic rings. The van der Waals surface area contributed by atoms with Crippen molar-refractivity contribution in [3.8, 4) is 0 Å². The number of nitrogens with one attached hydrogen (secondary N) is 3. The van der Waals surface area contributed by atoms with Crippen molar-refractivity contribution in [2.24, 2.45) is 10.9 Å². The number of aliphatic hydroxyl groups is 1. The van der Waals surface area contributed by atoms with E-state index in [-0.39, 0.29) is 24.1 Å². The number of amides is 2. The van der Waals surface area contributed by atoms with Gasteiger partial charge in [0.05, 0.1) is 18.1 Å². The Hall–Kier alpha value is -2.48. The fraction of sp³-hybridized carbons (Fsp3) is 0.609. The maximum atomic E-state index is 12.7. The molecule has 1 aliphatic rings. The van der Waals surface area contributed by atoms with Gasteiger partial charge in [-0.1, -0.05) is 57.8 Å². The average Bonchev–Trinajstić information content (AvgIpc) is 2.63. The van der Waals surface area contributed by atoms with Gasteiger partial charge in [-0.2, -0.15) is 0 Å². The van der Waals surface area contributed by atoms with Gasteiger partial charge in [-0.15, -0.1) is 0 Å². The highest BCUT2D eigenvalue weighted by atomic mass is 19.1. The molecule has 1 fully saturated rings. The molecule has 0 aromatic carbocycles. The van der Waals surface area contributed by atoms with Crippen LogP contribution in [0, 0.1) is 5.92 Å². The predicted molar refractivity (Wildman–Crippen MR) is 124 cm³/mol. The average molecular weight is 439 g/mol. The summed E-state index contributed by atoms with van der Waals surface area (Å²) in [7, 11) is 0. The van der Waals surface area contributed by atoms with Gasteiger partial charge in [0.2, 0.25) is 11.8 Å². The van der Waals surface area contributed by atoms with Crippen LogP contribution in [-0.4, -0.2) is 48.5 Å². The Morgan fingerprint density at radius 1 is 1.10 bits per heavy atom. The molecule has 1 saturated carbocycles. The Morgan fingerprint density at radius 2 is 1.68 bits per heavy atom. The lowest BCUT2D eigenvalue weighted by atomic mass is 10.0. The van der Waals surface area contributed by atoms with Gasteiger partial charge in [-0.25, -0.2) is 4.39 Å². The maximum absolute atomic E-state index is 12.7. The lowest BCUT2D eigenvalue weighted by Crippen LogP contribution is -2.41. The molecule has 0 aliphatic heterocycles. The Labute approximate surface area is 186 Å². The highest BCUT2D eigenvalue weighted by molar-refractivity contribution is 6.07. The van der Waals surface area contributed by atoms with E-state index < -0.39 is 18.6 Å². The van der Waals surface area contributed by atoms with E-state index in [1.807, 2.05) is 13.8 Å². The number of carbonyl (C=O) groups excluding carboxylic acids is 2. The number of nitrogens with zero attached hydrogens (tertiary/aromatic N) is 1. The van der Waals surface area contributed by atoms with Gasteiger partial charge >= 0.3 is 0 Å². The lowest BCUT2D eigenvalue weighted by Gasteiger charge is -2.17. The van der Waals surface area contributed by atoms with Crippen molar-refractivity contribution < 1.29 is 19.1 Å². The third-order valence-electron chi connectivity index (χ3n) is 4.20. The molecule has 0 aromatic heterocycles. The van der Waals surface area contributed by atoms with Crippen LogP contribution in [0.1, 0.15) is 60.3 Å². The van der Waals surface area contributed by atoms with Gasteiger partial charge in [-0.05, 0) is 25.8 Å². The fourth-order valence-electron chi connectivity index (χ4n) is 2.01. The van der Waals surface area contributed by atoms with Crippen LogP contribution in [0.4, 0.5) is 4.39 Å². The highest BCUT2D eigenvalue weighted by Gasteiger charge is 2.19. The zero-order valence-corrected chi connectivity index (χ0v) is 19.6. The molecule has 0 spiro atoms. The second kappa shape index (κ2) is 16.2. The van der Waals surface area contributed by atoms with Crippen molar-refractivity contribution in [2.45, 2.75) is 66.3 Å². The van der Waals surface area contributed by atoms with Crippen LogP contribution in [-0.2, 0) is 9.59 Å². The van der Waals surface area contributed by atoms with Crippen LogP contribution in [0.15, 0.2) is 40.8 Å². The van der Waals surface area contributed by atoms with Gasteiger partial charge in [-0.3, -0.25) is 14.6 Å². The highest BCUT2D eigenvalue weighted by Crippen LogP contribution is 2.15. The summed E-state index contributed by atoms with van der Waals surface area (Å²) < 4.78 is 12.7. The van der Waals surface area contributed by atoms with E-state index in [1.165, 1.54) is 45.6 Å². The Balaban J connectivity index is 0.00000199. The molecular weight excluding hydrogens is 399 g/mol. The number of aliphatic hydroxyl groups excluding tert-OH is 1. The number of hydrogen-bond donors (Lipinski definition) is 4. The first kappa shape index (κ1) is 28.5. The summed E-state index contributed by atoms with van der Waals surface area (Å²) in [5.41, 5.74) is 1.08. The van der Waals surface area contributed by atoms with E-state index in [0.29, 0.717) is 18.2 Å². The topological polar surface area (TPSA) is 103 Å². The summed E-state index contributed by atoms with van der Waals surface area (Å²) in [6.45, 7) is 12.5. The first-order chi connectivity index (χ1) is 14.6. The SMILES string of the molecule is C1CCC1.C=C(NCC(C)C)C(=NC(CO)C(=O)NC/C(C)=C/C=C(\C)F)NC(C)=O. The third kappa shape index (κ3) is 15.0. The van der Waals surface area contributed by atoms with E-state index in [0.717, 1.165) is 5.57 Å². The van der Waals surface area contributed by atoms with Gasteiger partial charge in [0, 0.05) is 20.0 Å². The zero-order valence-electron chi connectivity index (χ0n) is 19.6. The lowest BCUT2D eigenvalue weighted by molar-refractivity contribution is -0.123. The smallest absolute Gasteiger partial charge is 0.247 e. The van der Waals surface area contributed by atoms with E-state index in [1.54, 1.807) is 13.0 Å². The molecule has 1 rings (SSSR count). The summed E-state index contributed by atoms with van der Waals surface area (Å²) >= 11 is 0. The molecule has 0 saturated heterocycles. The molecule has 2 amide bonds. The molecule has 0 heterocycles. The van der Waals surface area contributed by atoms with E-state index in [4.69, 9.17) is 0 Å². The standard InChI is InChI=1S/C19H31FN4O3.C4H8/c1-12(2)9-21-15(5)18(23-16(6)26)24-17(11-25)19(27)22-10-13(3)7-8-14(4)20;1-2-4-3-1/h7-8,12,17,21,25H,5,9-11H2,1-4,6H3,(H,22,27)(H,23,24,26);1-4H2/b13-7+,14-8+;. The molecular formula is C23H39FN4O3. The van der Waals surface area contributed by atoms with E-state index in [9.17, 15) is 19.1 Å². The minimum Gasteiger partial charge on any atom is -0.394 e. The first-order valence-electron chi connectivity index (χ1n) is 10.7. The summed E-state index contributed by atoms with van der Waals surface area (Å²) in [6.07, 6.45) is 8.84. The van der Waals surface area contributed by atoms with Crippen molar-refractivity contribution in [1.29, 1.82) is 0 Å². The van der Waals surface area contributed by atoms with Crippen molar-refractivity contribution >= 4 is 17.6 Å². The minimum absolute atomic E-state index is 0.0978. The van der Waals surface area contributed by atoms with Gasteiger partial charge < -0.3 is 21.1 Å². The number of hydrogen-bond acceptors (Lipinski definition) is 5. The predicted octanol–water partition coefficient (Wildman–Crippen LogP) is 3.14. The van der Waals surface area contributed by atoms with Crippen LogP contribution in [0.3, 0.4) is 0 Å². The quantitative estimate of drug-likeness (QED) is 0.239. The molecule has 0 radical (unpaired) electrons. The van der Waals surface area contributed by atoms with Crippen LogP contribution in [0.5, 0.6) is 0 Å². The summed E-state index contributed by atoms with van der Waals surface area (Å²) in [6, 6.07) is -1.12. The fourth-order valence-corrected chi connectivity index (χ4v) is 2.01. The normalized spacial score (nSPS) is 15.3. The third-order valence-corrected chi connectivity index (χ3v) is 4.20. The molecule has 1 unspecified atom stereocenters.